The number of amidine groups is 1. The standard InChI is InChI=1S/C10H17N3/c1-12-10(13-8-4-5-8)9(6-11)7-2-3-7/h6-9,11H,2-5H2,1H3,(H,12,13). The van der Waals surface area contributed by atoms with Gasteiger partial charge in [0, 0.05) is 19.3 Å². The fraction of sp³-hybridized carbons (Fsp3) is 0.800. The maximum absolute atomic E-state index is 7.38. The third kappa shape index (κ3) is 2.08. The highest BCUT2D eigenvalue weighted by Crippen LogP contribution is 2.36. The van der Waals surface area contributed by atoms with E-state index in [-0.39, 0.29) is 5.92 Å². The van der Waals surface area contributed by atoms with Crippen LogP contribution in [0.5, 0.6) is 0 Å². The first-order valence-electron chi connectivity index (χ1n) is 5.09. The maximum atomic E-state index is 7.38. The molecule has 0 aromatic carbocycles. The Kier molecular flexibility index (Phi) is 2.34. The minimum atomic E-state index is 0.269. The molecular weight excluding hydrogens is 162 g/mol. The lowest BCUT2D eigenvalue weighted by Crippen LogP contribution is -2.34. The van der Waals surface area contributed by atoms with Crippen molar-refractivity contribution in [3.8, 4) is 0 Å². The Labute approximate surface area is 79.1 Å². The van der Waals surface area contributed by atoms with Gasteiger partial charge in [0.15, 0.2) is 0 Å². The van der Waals surface area contributed by atoms with Gasteiger partial charge in [-0.1, -0.05) is 0 Å². The van der Waals surface area contributed by atoms with E-state index in [1.807, 2.05) is 7.05 Å². The molecule has 0 amide bonds. The van der Waals surface area contributed by atoms with Crippen molar-refractivity contribution >= 4 is 12.1 Å². The van der Waals surface area contributed by atoms with Crippen LogP contribution in [-0.4, -0.2) is 25.1 Å². The minimum absolute atomic E-state index is 0.269. The molecule has 2 saturated carbocycles. The topological polar surface area (TPSA) is 48.2 Å². The third-order valence-corrected chi connectivity index (χ3v) is 2.80. The first kappa shape index (κ1) is 8.73. The van der Waals surface area contributed by atoms with Gasteiger partial charge in [0.2, 0.25) is 0 Å². The van der Waals surface area contributed by atoms with Crippen LogP contribution in [0.15, 0.2) is 4.99 Å². The molecule has 2 fully saturated rings. The summed E-state index contributed by atoms with van der Waals surface area (Å²) in [6.45, 7) is 0. The van der Waals surface area contributed by atoms with Crippen molar-refractivity contribution in [2.75, 3.05) is 7.05 Å². The molecule has 2 aliphatic carbocycles. The summed E-state index contributed by atoms with van der Waals surface area (Å²) in [5.41, 5.74) is 0. The van der Waals surface area contributed by atoms with Crippen LogP contribution in [0.3, 0.4) is 0 Å². The second-order valence-corrected chi connectivity index (χ2v) is 4.06. The molecule has 2 rings (SSSR count). The van der Waals surface area contributed by atoms with Crippen LogP contribution >= 0.6 is 0 Å². The van der Waals surface area contributed by atoms with E-state index in [0.717, 1.165) is 5.84 Å². The normalized spacial score (nSPS) is 25.5. The molecule has 3 heteroatoms. The average Bonchev–Trinajstić information content (AvgIpc) is 2.98. The average molecular weight is 179 g/mol. The molecule has 0 aromatic rings. The number of hydrogen-bond donors (Lipinski definition) is 2. The highest BCUT2D eigenvalue weighted by Gasteiger charge is 2.35. The molecule has 0 aromatic heterocycles. The van der Waals surface area contributed by atoms with Gasteiger partial charge in [0.25, 0.3) is 0 Å². The van der Waals surface area contributed by atoms with Crippen LogP contribution in [-0.2, 0) is 0 Å². The lowest BCUT2D eigenvalue weighted by molar-refractivity contribution is 0.730. The third-order valence-electron chi connectivity index (χ3n) is 2.80. The zero-order valence-corrected chi connectivity index (χ0v) is 8.09. The van der Waals surface area contributed by atoms with E-state index in [9.17, 15) is 0 Å². The first-order chi connectivity index (χ1) is 6.35. The van der Waals surface area contributed by atoms with Gasteiger partial charge in [0.1, 0.15) is 5.84 Å². The Morgan fingerprint density at radius 1 is 1.46 bits per heavy atom. The molecule has 1 atom stereocenters. The second kappa shape index (κ2) is 3.48. The summed E-state index contributed by atoms with van der Waals surface area (Å²) < 4.78 is 0. The molecule has 0 saturated heterocycles. The van der Waals surface area contributed by atoms with Crippen molar-refractivity contribution < 1.29 is 0 Å². The van der Waals surface area contributed by atoms with Crippen molar-refractivity contribution in [2.45, 2.75) is 31.7 Å². The Hall–Kier alpha value is -0.860. The fourth-order valence-corrected chi connectivity index (χ4v) is 1.64. The minimum Gasteiger partial charge on any atom is -0.371 e. The zero-order chi connectivity index (χ0) is 9.26. The van der Waals surface area contributed by atoms with Gasteiger partial charge in [-0.15, -0.1) is 0 Å². The molecule has 2 aliphatic rings. The SMILES string of the molecule is CN=C(NC1CC1)C(C=N)C1CC1. The Morgan fingerprint density at radius 3 is 2.54 bits per heavy atom. The second-order valence-electron chi connectivity index (χ2n) is 4.06. The number of nitrogens with one attached hydrogen (secondary N) is 2. The monoisotopic (exact) mass is 179 g/mol. The maximum Gasteiger partial charge on any atom is 0.105 e. The van der Waals surface area contributed by atoms with E-state index in [4.69, 9.17) is 5.41 Å². The summed E-state index contributed by atoms with van der Waals surface area (Å²) in [5, 5.41) is 10.8. The van der Waals surface area contributed by atoms with Crippen LogP contribution in [0.2, 0.25) is 0 Å². The van der Waals surface area contributed by atoms with Crippen LogP contribution < -0.4 is 5.32 Å². The summed E-state index contributed by atoms with van der Waals surface area (Å²) >= 11 is 0. The smallest absolute Gasteiger partial charge is 0.105 e. The van der Waals surface area contributed by atoms with Gasteiger partial charge in [-0.3, -0.25) is 4.99 Å². The number of hydrogen-bond acceptors (Lipinski definition) is 2. The van der Waals surface area contributed by atoms with Gasteiger partial charge in [-0.25, -0.2) is 0 Å². The van der Waals surface area contributed by atoms with Gasteiger partial charge in [0.05, 0.1) is 5.92 Å². The van der Waals surface area contributed by atoms with Crippen molar-refractivity contribution in [1.82, 2.24) is 5.32 Å². The molecular formula is C10H17N3. The summed E-state index contributed by atoms with van der Waals surface area (Å²) in [5.74, 6) is 2.01. The van der Waals surface area contributed by atoms with Gasteiger partial charge >= 0.3 is 0 Å². The van der Waals surface area contributed by atoms with E-state index in [1.165, 1.54) is 25.7 Å². The van der Waals surface area contributed by atoms with Crippen LogP contribution in [0.1, 0.15) is 25.7 Å². The molecule has 72 valence electrons. The number of rotatable bonds is 4. The fourth-order valence-electron chi connectivity index (χ4n) is 1.64. The molecule has 1 unspecified atom stereocenters. The summed E-state index contributed by atoms with van der Waals surface area (Å²) in [6.07, 6.45) is 6.63. The van der Waals surface area contributed by atoms with Crippen molar-refractivity contribution in [3.63, 3.8) is 0 Å². The number of aliphatic imine (C=N–C) groups is 1. The molecule has 0 heterocycles. The molecule has 0 spiro atoms. The van der Waals surface area contributed by atoms with Gasteiger partial charge in [-0.2, -0.15) is 0 Å². The zero-order valence-electron chi connectivity index (χ0n) is 8.09. The summed E-state index contributed by atoms with van der Waals surface area (Å²) in [7, 11) is 1.82. The summed E-state index contributed by atoms with van der Waals surface area (Å²) in [6, 6.07) is 0.653. The Morgan fingerprint density at radius 2 is 2.15 bits per heavy atom. The van der Waals surface area contributed by atoms with Crippen LogP contribution in [0.25, 0.3) is 0 Å². The molecule has 3 nitrogen and oxygen atoms in total. The molecule has 0 radical (unpaired) electrons. The van der Waals surface area contributed by atoms with Crippen molar-refractivity contribution in [2.24, 2.45) is 16.8 Å². The predicted molar refractivity (Wildman–Crippen MR) is 54.5 cm³/mol. The largest absolute Gasteiger partial charge is 0.371 e. The van der Waals surface area contributed by atoms with E-state index >= 15 is 0 Å². The van der Waals surface area contributed by atoms with Crippen molar-refractivity contribution in [3.05, 3.63) is 0 Å². The molecule has 0 aliphatic heterocycles. The first-order valence-corrected chi connectivity index (χ1v) is 5.09. The van der Waals surface area contributed by atoms with Gasteiger partial charge in [-0.05, 0) is 31.6 Å². The molecule has 13 heavy (non-hydrogen) atoms. The van der Waals surface area contributed by atoms with Crippen LogP contribution in [0.4, 0.5) is 0 Å². The Bertz CT molecular complexity index is 226. The van der Waals surface area contributed by atoms with Crippen LogP contribution in [0, 0.1) is 17.2 Å². The molecule has 2 N–H and O–H groups in total. The lowest BCUT2D eigenvalue weighted by Gasteiger charge is -2.15. The highest BCUT2D eigenvalue weighted by molar-refractivity contribution is 5.97. The summed E-state index contributed by atoms with van der Waals surface area (Å²) in [4.78, 5) is 4.25. The quantitative estimate of drug-likeness (QED) is 0.498. The van der Waals surface area contributed by atoms with E-state index < -0.39 is 0 Å². The highest BCUT2D eigenvalue weighted by atomic mass is 15.0. The predicted octanol–water partition coefficient (Wildman–Crippen LogP) is 1.44. The van der Waals surface area contributed by atoms with E-state index in [1.54, 1.807) is 6.21 Å². The van der Waals surface area contributed by atoms with E-state index in [2.05, 4.69) is 10.3 Å². The Balaban J connectivity index is 1.95. The lowest BCUT2D eigenvalue weighted by atomic mass is 10.0. The van der Waals surface area contributed by atoms with Crippen molar-refractivity contribution in [1.29, 1.82) is 5.41 Å². The van der Waals surface area contributed by atoms with E-state index in [0.29, 0.717) is 12.0 Å². The van der Waals surface area contributed by atoms with Gasteiger partial charge < -0.3 is 10.7 Å². The molecule has 0 bridgehead atoms. The number of nitrogens with zero attached hydrogens (tertiary/aromatic N) is 1.